The van der Waals surface area contributed by atoms with Gasteiger partial charge in [0.15, 0.2) is 5.17 Å². The summed E-state index contributed by atoms with van der Waals surface area (Å²) in [4.78, 5) is 17.7. The van der Waals surface area contributed by atoms with Crippen LogP contribution in [0.3, 0.4) is 0 Å². The van der Waals surface area contributed by atoms with Crippen molar-refractivity contribution < 1.29 is 13.2 Å². The molecule has 1 atom stereocenters. The molecular weight excluding hydrogens is 470 g/mol. The highest BCUT2D eigenvalue weighted by Crippen LogP contribution is 2.40. The summed E-state index contributed by atoms with van der Waals surface area (Å²) in [6.07, 6.45) is 5.49. The maximum Gasteiger partial charge on any atom is 0.243 e. The normalized spacial score (nSPS) is 20.0. The highest BCUT2D eigenvalue weighted by Gasteiger charge is 2.33. The fraction of sp³-hybridized carbons (Fsp3) is 0.375. The molecule has 1 N–H and O–H groups in total. The zero-order valence-electron chi connectivity index (χ0n) is 19.0. The smallest absolute Gasteiger partial charge is 0.243 e. The Kier molecular flexibility index (Phi) is 6.46. The SMILES string of the molecule is Cc1ccc(NC(=O)CSC2=Nc3ccccc3C3CC=NN23)cc1S(=O)(=O)N1CCCCC1. The monoisotopic (exact) mass is 497 g/mol. The predicted molar refractivity (Wildman–Crippen MR) is 136 cm³/mol. The number of hydrazone groups is 1. The first kappa shape index (κ1) is 23.1. The summed E-state index contributed by atoms with van der Waals surface area (Å²) in [5, 5.41) is 9.85. The number of carbonyl (C=O) groups excluding carboxylic acids is 1. The van der Waals surface area contributed by atoms with Gasteiger partial charge in [0.2, 0.25) is 15.9 Å². The van der Waals surface area contributed by atoms with Gasteiger partial charge in [-0.3, -0.25) is 4.79 Å². The molecule has 0 bridgehead atoms. The molecular formula is C24H27N5O3S2. The van der Waals surface area contributed by atoms with E-state index in [0.29, 0.717) is 29.5 Å². The second kappa shape index (κ2) is 9.52. The summed E-state index contributed by atoms with van der Waals surface area (Å²) < 4.78 is 27.9. The standard InChI is InChI=1S/C24H27N5O3S2/c1-17-9-10-18(15-22(17)34(31,32)28-13-5-2-6-14-28)26-23(30)16-33-24-27-20-8-4-3-7-19(20)21-11-12-25-29(21)24/h3-4,7-10,12,15,21H,2,5-6,11,13-14,16H2,1H3,(H,26,30). The van der Waals surface area contributed by atoms with Crippen LogP contribution in [0, 0.1) is 6.92 Å². The van der Waals surface area contributed by atoms with Gasteiger partial charge in [-0.15, -0.1) is 0 Å². The molecule has 3 heterocycles. The van der Waals surface area contributed by atoms with E-state index in [9.17, 15) is 13.2 Å². The van der Waals surface area contributed by atoms with Crippen molar-refractivity contribution in [1.82, 2.24) is 9.31 Å². The number of piperidine rings is 1. The molecule has 34 heavy (non-hydrogen) atoms. The number of thioether (sulfide) groups is 1. The summed E-state index contributed by atoms with van der Waals surface area (Å²) in [7, 11) is -3.58. The van der Waals surface area contributed by atoms with Gasteiger partial charge in [0.05, 0.1) is 22.4 Å². The van der Waals surface area contributed by atoms with Crippen molar-refractivity contribution in [3.63, 3.8) is 0 Å². The van der Waals surface area contributed by atoms with E-state index in [1.807, 2.05) is 29.4 Å². The van der Waals surface area contributed by atoms with Crippen molar-refractivity contribution >= 4 is 50.4 Å². The average Bonchev–Trinajstić information content (AvgIpc) is 3.35. The molecule has 3 aliphatic heterocycles. The zero-order chi connectivity index (χ0) is 23.7. The fourth-order valence-corrected chi connectivity index (χ4v) is 7.08. The van der Waals surface area contributed by atoms with E-state index in [1.54, 1.807) is 29.4 Å². The van der Waals surface area contributed by atoms with Gasteiger partial charge < -0.3 is 5.32 Å². The van der Waals surface area contributed by atoms with Gasteiger partial charge in [-0.25, -0.2) is 18.4 Å². The number of nitrogens with zero attached hydrogens (tertiary/aromatic N) is 4. The van der Waals surface area contributed by atoms with Crippen molar-refractivity contribution in [3.8, 4) is 0 Å². The van der Waals surface area contributed by atoms with Crippen molar-refractivity contribution in [1.29, 1.82) is 0 Å². The van der Waals surface area contributed by atoms with Crippen LogP contribution < -0.4 is 5.32 Å². The maximum absolute atomic E-state index is 13.2. The number of fused-ring (bicyclic) bond motifs is 3. The largest absolute Gasteiger partial charge is 0.325 e. The summed E-state index contributed by atoms with van der Waals surface area (Å²) >= 11 is 1.32. The number of hydrogen-bond donors (Lipinski definition) is 1. The van der Waals surface area contributed by atoms with Crippen LogP contribution in [0.25, 0.3) is 0 Å². The summed E-state index contributed by atoms with van der Waals surface area (Å²) in [5.41, 5.74) is 3.19. The van der Waals surface area contributed by atoms with Crippen LogP contribution in [0.1, 0.15) is 42.9 Å². The molecule has 10 heteroatoms. The lowest BCUT2D eigenvalue weighted by Gasteiger charge is -2.29. The van der Waals surface area contributed by atoms with E-state index in [2.05, 4.69) is 16.5 Å². The molecule has 1 unspecified atom stereocenters. The number of sulfonamides is 1. The van der Waals surface area contributed by atoms with E-state index in [4.69, 9.17) is 4.99 Å². The Morgan fingerprint density at radius 1 is 1.15 bits per heavy atom. The van der Waals surface area contributed by atoms with Crippen LogP contribution >= 0.6 is 11.8 Å². The third-order valence-electron chi connectivity index (χ3n) is 6.27. The quantitative estimate of drug-likeness (QED) is 0.666. The molecule has 178 valence electrons. The number of rotatable bonds is 5. The highest BCUT2D eigenvalue weighted by molar-refractivity contribution is 8.14. The molecule has 1 amide bonds. The molecule has 0 aliphatic carbocycles. The Hall–Kier alpha value is -2.69. The predicted octanol–water partition coefficient (Wildman–Crippen LogP) is 4.28. The van der Waals surface area contributed by atoms with Gasteiger partial charge in [-0.2, -0.15) is 9.41 Å². The van der Waals surface area contributed by atoms with Gasteiger partial charge in [-0.1, -0.05) is 42.4 Å². The van der Waals surface area contributed by atoms with Crippen molar-refractivity contribution in [2.24, 2.45) is 10.1 Å². The third kappa shape index (κ3) is 4.49. The maximum atomic E-state index is 13.2. The number of amidine groups is 1. The minimum Gasteiger partial charge on any atom is -0.325 e. The Morgan fingerprint density at radius 2 is 1.94 bits per heavy atom. The minimum atomic E-state index is -3.58. The number of anilines is 1. The Labute approximate surface area is 204 Å². The minimum absolute atomic E-state index is 0.110. The first-order valence-corrected chi connectivity index (χ1v) is 13.9. The first-order valence-electron chi connectivity index (χ1n) is 11.5. The molecule has 2 aromatic carbocycles. The molecule has 2 aromatic rings. The number of carbonyl (C=O) groups is 1. The highest BCUT2D eigenvalue weighted by atomic mass is 32.2. The molecule has 0 spiro atoms. The summed E-state index contributed by atoms with van der Waals surface area (Å²) in [6.45, 7) is 2.87. The number of aryl methyl sites for hydroxylation is 1. The van der Waals surface area contributed by atoms with Crippen LogP contribution in [0.2, 0.25) is 0 Å². The molecule has 8 nitrogen and oxygen atoms in total. The molecule has 0 radical (unpaired) electrons. The topological polar surface area (TPSA) is 94.4 Å². The van der Waals surface area contributed by atoms with E-state index in [0.717, 1.165) is 36.9 Å². The van der Waals surface area contributed by atoms with E-state index in [-0.39, 0.29) is 22.6 Å². The number of amides is 1. The first-order chi connectivity index (χ1) is 16.4. The summed E-state index contributed by atoms with van der Waals surface area (Å²) in [6, 6.07) is 13.1. The lowest BCUT2D eigenvalue weighted by Crippen LogP contribution is -2.36. The zero-order valence-corrected chi connectivity index (χ0v) is 20.6. The Balaban J connectivity index is 1.28. The van der Waals surface area contributed by atoms with Crippen LogP contribution in [-0.4, -0.2) is 53.9 Å². The van der Waals surface area contributed by atoms with Gasteiger partial charge in [0.25, 0.3) is 0 Å². The Morgan fingerprint density at radius 3 is 2.76 bits per heavy atom. The number of nitrogens with one attached hydrogen (secondary N) is 1. The van der Waals surface area contributed by atoms with Crippen molar-refractivity contribution in [3.05, 3.63) is 53.6 Å². The van der Waals surface area contributed by atoms with Gasteiger partial charge in [0.1, 0.15) is 0 Å². The molecule has 0 aromatic heterocycles. The van der Waals surface area contributed by atoms with Crippen LogP contribution in [0.5, 0.6) is 0 Å². The molecule has 5 rings (SSSR count). The van der Waals surface area contributed by atoms with Gasteiger partial charge >= 0.3 is 0 Å². The van der Waals surface area contributed by atoms with Crippen LogP contribution in [0.15, 0.2) is 57.5 Å². The third-order valence-corrected chi connectivity index (χ3v) is 9.26. The number of hydrogen-bond acceptors (Lipinski definition) is 7. The lowest BCUT2D eigenvalue weighted by atomic mass is 10.0. The number of benzene rings is 2. The second-order valence-electron chi connectivity index (χ2n) is 8.63. The van der Waals surface area contributed by atoms with Gasteiger partial charge in [0, 0.05) is 37.0 Å². The van der Waals surface area contributed by atoms with E-state index < -0.39 is 10.0 Å². The fourth-order valence-electron chi connectivity index (χ4n) is 4.51. The van der Waals surface area contributed by atoms with Crippen LogP contribution in [0.4, 0.5) is 11.4 Å². The molecule has 1 saturated heterocycles. The van der Waals surface area contributed by atoms with Gasteiger partial charge in [-0.05, 0) is 43.5 Å². The molecule has 3 aliphatic rings. The molecule has 0 saturated carbocycles. The van der Waals surface area contributed by atoms with Crippen LogP contribution in [-0.2, 0) is 14.8 Å². The van der Waals surface area contributed by atoms with E-state index >= 15 is 0 Å². The van der Waals surface area contributed by atoms with E-state index in [1.165, 1.54) is 11.8 Å². The molecule has 1 fully saturated rings. The average molecular weight is 498 g/mol. The second-order valence-corrected chi connectivity index (χ2v) is 11.5. The number of aliphatic imine (C=N–C) groups is 1. The van der Waals surface area contributed by atoms with Crippen molar-refractivity contribution in [2.75, 3.05) is 24.2 Å². The summed E-state index contributed by atoms with van der Waals surface area (Å²) in [5.74, 6) is -0.0848. The Bertz CT molecular complexity index is 1270. The van der Waals surface area contributed by atoms with Crippen molar-refractivity contribution in [2.45, 2.75) is 43.5 Å². The lowest BCUT2D eigenvalue weighted by molar-refractivity contribution is -0.113. The number of para-hydroxylation sites is 1.